The Hall–Kier alpha value is -2.14. The number of aromatic nitrogens is 1. The lowest BCUT2D eigenvalue weighted by atomic mass is 10.0. The molecule has 0 radical (unpaired) electrons. The van der Waals surface area contributed by atoms with Crippen molar-refractivity contribution in [3.8, 4) is 0 Å². The van der Waals surface area contributed by atoms with Crippen molar-refractivity contribution in [2.75, 3.05) is 6.54 Å². The SMILES string of the molecule is CCC(C)C(N)c1nc(C(=O)NCCc2ccccc2)co1. The van der Waals surface area contributed by atoms with Crippen molar-refractivity contribution < 1.29 is 9.21 Å². The first-order valence-corrected chi connectivity index (χ1v) is 7.65. The molecule has 5 nitrogen and oxygen atoms in total. The Labute approximate surface area is 130 Å². The van der Waals surface area contributed by atoms with E-state index in [1.807, 2.05) is 37.3 Å². The van der Waals surface area contributed by atoms with Gasteiger partial charge in [-0.15, -0.1) is 0 Å². The van der Waals surface area contributed by atoms with Crippen LogP contribution >= 0.6 is 0 Å². The third kappa shape index (κ3) is 4.18. The van der Waals surface area contributed by atoms with E-state index in [-0.39, 0.29) is 23.6 Å². The van der Waals surface area contributed by atoms with Crippen LogP contribution in [0.25, 0.3) is 0 Å². The molecular weight excluding hydrogens is 278 g/mol. The van der Waals surface area contributed by atoms with Gasteiger partial charge >= 0.3 is 0 Å². The molecule has 2 aromatic rings. The minimum absolute atomic E-state index is 0.234. The van der Waals surface area contributed by atoms with Crippen molar-refractivity contribution in [2.24, 2.45) is 11.7 Å². The number of hydrogen-bond donors (Lipinski definition) is 2. The second kappa shape index (κ2) is 7.75. The van der Waals surface area contributed by atoms with Gasteiger partial charge in [-0.3, -0.25) is 4.79 Å². The number of rotatable bonds is 7. The highest BCUT2D eigenvalue weighted by Crippen LogP contribution is 2.20. The minimum Gasteiger partial charge on any atom is -0.446 e. The molecule has 0 saturated carbocycles. The van der Waals surface area contributed by atoms with Gasteiger partial charge in [-0.2, -0.15) is 0 Å². The maximum absolute atomic E-state index is 12.0. The van der Waals surface area contributed by atoms with E-state index in [1.165, 1.54) is 11.8 Å². The zero-order valence-electron chi connectivity index (χ0n) is 13.1. The molecule has 1 aromatic carbocycles. The predicted octanol–water partition coefficient (Wildman–Crippen LogP) is 2.69. The van der Waals surface area contributed by atoms with E-state index in [4.69, 9.17) is 10.2 Å². The Balaban J connectivity index is 1.86. The smallest absolute Gasteiger partial charge is 0.273 e. The van der Waals surface area contributed by atoms with E-state index in [2.05, 4.69) is 17.2 Å². The second-order valence-corrected chi connectivity index (χ2v) is 5.47. The summed E-state index contributed by atoms with van der Waals surface area (Å²) in [7, 11) is 0. The molecule has 1 aromatic heterocycles. The highest BCUT2D eigenvalue weighted by Gasteiger charge is 2.20. The fourth-order valence-corrected chi connectivity index (χ4v) is 2.10. The highest BCUT2D eigenvalue weighted by molar-refractivity contribution is 5.91. The number of nitrogens with two attached hydrogens (primary N) is 1. The van der Waals surface area contributed by atoms with Gasteiger partial charge in [0, 0.05) is 6.54 Å². The minimum atomic E-state index is -0.282. The van der Waals surface area contributed by atoms with Gasteiger partial charge in [0.25, 0.3) is 5.91 Å². The Morgan fingerprint density at radius 3 is 2.77 bits per heavy atom. The summed E-state index contributed by atoms with van der Waals surface area (Å²) in [5.41, 5.74) is 7.51. The number of carbonyl (C=O) groups excluding carboxylic acids is 1. The molecule has 3 N–H and O–H groups in total. The summed E-state index contributed by atoms with van der Waals surface area (Å²) in [6.07, 6.45) is 3.08. The molecule has 5 heteroatoms. The van der Waals surface area contributed by atoms with E-state index in [9.17, 15) is 4.79 Å². The van der Waals surface area contributed by atoms with Crippen LogP contribution in [0.15, 0.2) is 41.0 Å². The summed E-state index contributed by atoms with van der Waals surface area (Å²) in [6.45, 7) is 4.65. The van der Waals surface area contributed by atoms with Crippen molar-refractivity contribution in [3.63, 3.8) is 0 Å². The average molecular weight is 301 g/mol. The number of carbonyl (C=O) groups is 1. The Morgan fingerprint density at radius 2 is 2.09 bits per heavy atom. The maximum Gasteiger partial charge on any atom is 0.273 e. The molecule has 0 aliphatic rings. The molecule has 0 fully saturated rings. The van der Waals surface area contributed by atoms with Crippen LogP contribution in [0.5, 0.6) is 0 Å². The number of amides is 1. The van der Waals surface area contributed by atoms with Gasteiger partial charge in [0.1, 0.15) is 6.26 Å². The van der Waals surface area contributed by atoms with Crippen LogP contribution < -0.4 is 11.1 Å². The quantitative estimate of drug-likeness (QED) is 0.824. The summed E-state index contributed by atoms with van der Waals surface area (Å²) in [4.78, 5) is 16.2. The molecule has 118 valence electrons. The van der Waals surface area contributed by atoms with Crippen LogP contribution in [0, 0.1) is 5.92 Å². The first-order chi connectivity index (χ1) is 10.6. The molecule has 2 rings (SSSR count). The van der Waals surface area contributed by atoms with Gasteiger partial charge in [0.15, 0.2) is 5.69 Å². The van der Waals surface area contributed by atoms with Crippen molar-refractivity contribution >= 4 is 5.91 Å². The summed E-state index contributed by atoms with van der Waals surface area (Å²) >= 11 is 0. The summed E-state index contributed by atoms with van der Waals surface area (Å²) in [6, 6.07) is 9.72. The van der Waals surface area contributed by atoms with E-state index < -0.39 is 0 Å². The lowest BCUT2D eigenvalue weighted by Gasteiger charge is -2.13. The molecular formula is C17H23N3O2. The van der Waals surface area contributed by atoms with Crippen LogP contribution in [-0.2, 0) is 6.42 Å². The van der Waals surface area contributed by atoms with Crippen LogP contribution in [0.1, 0.15) is 48.3 Å². The first kappa shape index (κ1) is 16.2. The van der Waals surface area contributed by atoms with E-state index in [0.717, 1.165) is 12.8 Å². The van der Waals surface area contributed by atoms with Gasteiger partial charge < -0.3 is 15.5 Å². The summed E-state index contributed by atoms with van der Waals surface area (Å²) in [5, 5.41) is 2.84. The molecule has 2 unspecified atom stereocenters. The number of nitrogens with one attached hydrogen (secondary N) is 1. The maximum atomic E-state index is 12.0. The highest BCUT2D eigenvalue weighted by atomic mass is 16.3. The van der Waals surface area contributed by atoms with Crippen molar-refractivity contribution in [1.29, 1.82) is 0 Å². The third-order valence-corrected chi connectivity index (χ3v) is 3.84. The Bertz CT molecular complexity index is 595. The van der Waals surface area contributed by atoms with Crippen molar-refractivity contribution in [2.45, 2.75) is 32.7 Å². The zero-order chi connectivity index (χ0) is 15.9. The number of nitrogens with zero attached hydrogens (tertiary/aromatic N) is 1. The monoisotopic (exact) mass is 301 g/mol. The molecule has 1 heterocycles. The molecule has 0 aliphatic heterocycles. The van der Waals surface area contributed by atoms with Crippen molar-refractivity contribution in [3.05, 3.63) is 53.7 Å². The zero-order valence-corrected chi connectivity index (χ0v) is 13.1. The topological polar surface area (TPSA) is 81.1 Å². The molecule has 0 aliphatic carbocycles. The van der Waals surface area contributed by atoms with E-state index in [0.29, 0.717) is 12.4 Å². The number of hydrogen-bond acceptors (Lipinski definition) is 4. The van der Waals surface area contributed by atoms with Crippen molar-refractivity contribution in [1.82, 2.24) is 10.3 Å². The van der Waals surface area contributed by atoms with Gasteiger partial charge in [-0.1, -0.05) is 50.6 Å². The fraction of sp³-hybridized carbons (Fsp3) is 0.412. The summed E-state index contributed by atoms with van der Waals surface area (Å²) in [5.74, 6) is 0.442. The van der Waals surface area contributed by atoms with Gasteiger partial charge in [-0.25, -0.2) is 4.98 Å². The predicted molar refractivity (Wildman–Crippen MR) is 85.4 cm³/mol. The normalized spacial score (nSPS) is 13.6. The Kier molecular flexibility index (Phi) is 5.72. The summed E-state index contributed by atoms with van der Waals surface area (Å²) < 4.78 is 5.34. The third-order valence-electron chi connectivity index (χ3n) is 3.84. The molecule has 0 saturated heterocycles. The number of benzene rings is 1. The van der Waals surface area contributed by atoms with Gasteiger partial charge in [-0.05, 0) is 17.9 Å². The lowest BCUT2D eigenvalue weighted by molar-refractivity contribution is 0.0949. The largest absolute Gasteiger partial charge is 0.446 e. The average Bonchev–Trinajstić information content (AvgIpc) is 3.04. The van der Waals surface area contributed by atoms with Crippen LogP contribution in [0.3, 0.4) is 0 Å². The molecule has 0 bridgehead atoms. The van der Waals surface area contributed by atoms with Gasteiger partial charge in [0.2, 0.25) is 5.89 Å². The molecule has 22 heavy (non-hydrogen) atoms. The first-order valence-electron chi connectivity index (χ1n) is 7.65. The standard InChI is InChI=1S/C17H23N3O2/c1-3-12(2)15(18)17-20-14(11-22-17)16(21)19-10-9-13-7-5-4-6-8-13/h4-8,11-12,15H,3,9-10,18H2,1-2H3,(H,19,21). The second-order valence-electron chi connectivity index (χ2n) is 5.47. The van der Waals surface area contributed by atoms with Crippen LogP contribution in [0.2, 0.25) is 0 Å². The fourth-order valence-electron chi connectivity index (χ4n) is 2.10. The Morgan fingerprint density at radius 1 is 1.36 bits per heavy atom. The lowest BCUT2D eigenvalue weighted by Crippen LogP contribution is -2.26. The van der Waals surface area contributed by atoms with E-state index >= 15 is 0 Å². The van der Waals surface area contributed by atoms with E-state index in [1.54, 1.807) is 0 Å². The van der Waals surface area contributed by atoms with Crippen LogP contribution in [0.4, 0.5) is 0 Å². The molecule has 1 amide bonds. The van der Waals surface area contributed by atoms with Crippen LogP contribution in [-0.4, -0.2) is 17.4 Å². The molecule has 2 atom stereocenters. The van der Waals surface area contributed by atoms with Gasteiger partial charge in [0.05, 0.1) is 6.04 Å². The molecule has 0 spiro atoms. The number of oxazole rings is 1.